The zero-order valence-electron chi connectivity index (χ0n) is 22.4. The number of carbonyl (C=O) groups excluding carboxylic acids is 2. The quantitative estimate of drug-likeness (QED) is 0.481. The number of aromatic hydroxyl groups is 1. The number of nitrogens with one attached hydrogen (secondary N) is 2. The molecule has 0 spiro atoms. The molecule has 3 N–H and O–H groups in total. The Labute approximate surface area is 218 Å². The van der Waals surface area contributed by atoms with E-state index in [2.05, 4.69) is 36.3 Å². The molecule has 8 heteroatoms. The molecule has 1 aromatic heterocycles. The van der Waals surface area contributed by atoms with Gasteiger partial charge >= 0.3 is 0 Å². The van der Waals surface area contributed by atoms with E-state index in [9.17, 15) is 19.5 Å². The van der Waals surface area contributed by atoms with Crippen LogP contribution in [0.15, 0.2) is 33.5 Å². The van der Waals surface area contributed by atoms with E-state index in [0.29, 0.717) is 12.5 Å². The highest BCUT2D eigenvalue weighted by atomic mass is 16.3. The molecule has 2 heterocycles. The molecule has 2 aromatic rings. The lowest BCUT2D eigenvalue weighted by atomic mass is 9.63. The van der Waals surface area contributed by atoms with Crippen LogP contribution in [0.2, 0.25) is 0 Å². The molecule has 1 aromatic carbocycles. The van der Waals surface area contributed by atoms with Gasteiger partial charge in [0, 0.05) is 18.2 Å². The average molecular weight is 512 g/mol. The fraction of sp³-hybridized carbons (Fsp3) is 0.621. The van der Waals surface area contributed by atoms with E-state index in [1.807, 2.05) is 0 Å². The van der Waals surface area contributed by atoms with Crippen LogP contribution in [0.5, 0.6) is 5.75 Å². The van der Waals surface area contributed by atoms with Gasteiger partial charge in [-0.25, -0.2) is 0 Å². The molecule has 2 fully saturated rings. The summed E-state index contributed by atoms with van der Waals surface area (Å²) in [5.74, 6) is 0.196. The standard InChI is InChI=1S/C29H41N3O5/c1-28(2,3)31-27(36)29(20-8-5-4-6-9-20)12-16-32(17-13-29)15-7-14-30-26(35)25-19-23(34)22-18-21(33)10-11-24(22)37-25/h10-11,18-20,33H,4-9,12-17H2,1-3H3,(H,30,35)(H,31,36). The summed E-state index contributed by atoms with van der Waals surface area (Å²) in [7, 11) is 0. The van der Waals surface area contributed by atoms with Crippen molar-refractivity contribution < 1.29 is 19.1 Å². The summed E-state index contributed by atoms with van der Waals surface area (Å²) in [6.07, 6.45) is 8.54. The second-order valence-electron chi connectivity index (χ2n) is 11.8. The number of amides is 2. The van der Waals surface area contributed by atoms with Crippen LogP contribution in [0.3, 0.4) is 0 Å². The Morgan fingerprint density at radius 1 is 1.11 bits per heavy atom. The third-order valence-electron chi connectivity index (χ3n) is 7.95. The number of likely N-dealkylation sites (tertiary alicyclic amines) is 1. The van der Waals surface area contributed by atoms with Gasteiger partial charge in [0.15, 0.2) is 11.2 Å². The first-order valence-corrected chi connectivity index (χ1v) is 13.7. The minimum atomic E-state index is -0.430. The highest BCUT2D eigenvalue weighted by Gasteiger charge is 2.48. The Bertz CT molecular complexity index is 1170. The normalized spacial score (nSPS) is 19.0. The van der Waals surface area contributed by atoms with Crippen LogP contribution < -0.4 is 16.1 Å². The Hall–Kier alpha value is -2.87. The highest BCUT2D eigenvalue weighted by Crippen LogP contribution is 2.46. The summed E-state index contributed by atoms with van der Waals surface area (Å²) in [5, 5.41) is 15.9. The fourth-order valence-corrected chi connectivity index (χ4v) is 5.96. The molecule has 0 radical (unpaired) electrons. The van der Waals surface area contributed by atoms with Crippen LogP contribution in [-0.2, 0) is 4.79 Å². The lowest BCUT2D eigenvalue weighted by Gasteiger charge is -2.47. The van der Waals surface area contributed by atoms with Gasteiger partial charge in [0.1, 0.15) is 11.3 Å². The van der Waals surface area contributed by atoms with Gasteiger partial charge in [-0.1, -0.05) is 19.3 Å². The summed E-state index contributed by atoms with van der Waals surface area (Å²) in [6.45, 7) is 9.22. The van der Waals surface area contributed by atoms with Gasteiger partial charge in [-0.3, -0.25) is 14.4 Å². The van der Waals surface area contributed by atoms with Crippen molar-refractivity contribution in [2.24, 2.45) is 11.3 Å². The molecule has 1 aliphatic heterocycles. The zero-order valence-corrected chi connectivity index (χ0v) is 22.4. The fourth-order valence-electron chi connectivity index (χ4n) is 5.96. The number of phenolic OH excluding ortho intramolecular Hbond substituents is 1. The number of fused-ring (bicyclic) bond motifs is 1. The minimum Gasteiger partial charge on any atom is -0.508 e. The summed E-state index contributed by atoms with van der Waals surface area (Å²) >= 11 is 0. The van der Waals surface area contributed by atoms with Crippen LogP contribution in [0, 0.1) is 11.3 Å². The molecule has 2 aliphatic rings. The molecule has 4 rings (SSSR count). The van der Waals surface area contributed by atoms with E-state index in [1.54, 1.807) is 0 Å². The maximum Gasteiger partial charge on any atom is 0.287 e. The number of piperidine rings is 1. The van der Waals surface area contributed by atoms with E-state index in [0.717, 1.165) is 57.8 Å². The first-order valence-electron chi connectivity index (χ1n) is 13.7. The number of phenols is 1. The second-order valence-corrected chi connectivity index (χ2v) is 11.8. The van der Waals surface area contributed by atoms with E-state index in [4.69, 9.17) is 4.42 Å². The third kappa shape index (κ3) is 6.53. The van der Waals surface area contributed by atoms with Crippen molar-refractivity contribution in [2.75, 3.05) is 26.2 Å². The Morgan fingerprint density at radius 2 is 1.81 bits per heavy atom. The molecular weight excluding hydrogens is 470 g/mol. The Kier molecular flexibility index (Phi) is 8.26. The first kappa shape index (κ1) is 27.2. The van der Waals surface area contributed by atoms with Crippen LogP contribution in [0.4, 0.5) is 0 Å². The number of hydrogen-bond donors (Lipinski definition) is 3. The second kappa shape index (κ2) is 11.3. The molecule has 8 nitrogen and oxygen atoms in total. The summed E-state index contributed by atoms with van der Waals surface area (Å²) in [4.78, 5) is 40.8. The Balaban J connectivity index is 1.29. The maximum atomic E-state index is 13.5. The maximum absolute atomic E-state index is 13.5. The SMILES string of the molecule is CC(C)(C)NC(=O)C1(C2CCCCC2)CCN(CCCNC(=O)c2cc(=O)c3cc(O)ccc3o2)CC1. The molecule has 202 valence electrons. The highest BCUT2D eigenvalue weighted by molar-refractivity contribution is 5.93. The van der Waals surface area contributed by atoms with Crippen molar-refractivity contribution in [3.05, 3.63) is 40.2 Å². The minimum absolute atomic E-state index is 0.0273. The predicted octanol–water partition coefficient (Wildman–Crippen LogP) is 4.20. The van der Waals surface area contributed by atoms with E-state index >= 15 is 0 Å². The Morgan fingerprint density at radius 3 is 2.49 bits per heavy atom. The molecular formula is C29H41N3O5. The molecule has 2 amide bonds. The van der Waals surface area contributed by atoms with Crippen LogP contribution in [-0.4, -0.2) is 53.5 Å². The molecule has 0 bridgehead atoms. The predicted molar refractivity (Wildman–Crippen MR) is 144 cm³/mol. The molecule has 0 atom stereocenters. The monoisotopic (exact) mass is 511 g/mol. The van der Waals surface area contributed by atoms with Crippen molar-refractivity contribution >= 4 is 22.8 Å². The number of nitrogens with zero attached hydrogens (tertiary/aromatic N) is 1. The van der Waals surface area contributed by atoms with Gasteiger partial charge in [-0.15, -0.1) is 0 Å². The van der Waals surface area contributed by atoms with Gasteiger partial charge < -0.3 is 25.1 Å². The largest absolute Gasteiger partial charge is 0.508 e. The van der Waals surface area contributed by atoms with Crippen molar-refractivity contribution in [3.8, 4) is 5.75 Å². The molecule has 0 unspecified atom stereocenters. The van der Waals surface area contributed by atoms with Crippen molar-refractivity contribution in [1.82, 2.24) is 15.5 Å². The van der Waals surface area contributed by atoms with Gasteiger partial charge in [0.05, 0.1) is 10.8 Å². The van der Waals surface area contributed by atoms with Crippen molar-refractivity contribution in [1.29, 1.82) is 0 Å². The van der Waals surface area contributed by atoms with Crippen LogP contribution in [0.25, 0.3) is 11.0 Å². The lowest BCUT2D eigenvalue weighted by Crippen LogP contribution is -2.56. The smallest absolute Gasteiger partial charge is 0.287 e. The molecule has 1 aliphatic carbocycles. The first-order chi connectivity index (χ1) is 17.6. The summed E-state index contributed by atoms with van der Waals surface area (Å²) in [5.41, 5.74) is -0.614. The van der Waals surface area contributed by atoms with E-state index < -0.39 is 5.91 Å². The summed E-state index contributed by atoms with van der Waals surface area (Å²) in [6, 6.07) is 5.39. The number of benzene rings is 1. The molecule has 1 saturated heterocycles. The van der Waals surface area contributed by atoms with Crippen molar-refractivity contribution in [3.63, 3.8) is 0 Å². The third-order valence-corrected chi connectivity index (χ3v) is 7.95. The number of rotatable bonds is 7. The lowest BCUT2D eigenvalue weighted by molar-refractivity contribution is -0.141. The molecule has 1 saturated carbocycles. The number of carbonyl (C=O) groups is 2. The van der Waals surface area contributed by atoms with Crippen LogP contribution in [0.1, 0.15) is 82.7 Å². The molecule has 37 heavy (non-hydrogen) atoms. The van der Waals surface area contributed by atoms with Gasteiger partial charge in [-0.2, -0.15) is 0 Å². The van der Waals surface area contributed by atoms with Gasteiger partial charge in [0.25, 0.3) is 5.91 Å². The summed E-state index contributed by atoms with van der Waals surface area (Å²) < 4.78 is 5.57. The topological polar surface area (TPSA) is 112 Å². The van der Waals surface area contributed by atoms with E-state index in [1.165, 1.54) is 37.5 Å². The zero-order chi connectivity index (χ0) is 26.6. The van der Waals surface area contributed by atoms with E-state index in [-0.39, 0.29) is 44.8 Å². The van der Waals surface area contributed by atoms with Crippen molar-refractivity contribution in [2.45, 2.75) is 77.7 Å². The average Bonchev–Trinajstić information content (AvgIpc) is 2.86. The van der Waals surface area contributed by atoms with Gasteiger partial charge in [-0.05, 0) is 96.6 Å². The van der Waals surface area contributed by atoms with Crippen LogP contribution >= 0.6 is 0 Å². The number of hydrogen-bond acceptors (Lipinski definition) is 6. The van der Waals surface area contributed by atoms with Gasteiger partial charge in [0.2, 0.25) is 5.91 Å².